The monoisotopic (exact) mass is 414 g/mol. The Balaban J connectivity index is 1.46. The van der Waals surface area contributed by atoms with Gasteiger partial charge >= 0.3 is 0 Å². The second-order valence-electron chi connectivity index (χ2n) is 7.22. The van der Waals surface area contributed by atoms with Crippen LogP contribution in [0.2, 0.25) is 0 Å². The summed E-state index contributed by atoms with van der Waals surface area (Å²) in [6.07, 6.45) is 4.38. The third-order valence-electron chi connectivity index (χ3n) is 5.16. The van der Waals surface area contributed by atoms with Crippen LogP contribution in [-0.4, -0.2) is 29.3 Å². The number of nitrogens with zero attached hydrogens (tertiary/aromatic N) is 2. The van der Waals surface area contributed by atoms with Crippen LogP contribution < -0.4 is 15.5 Å². The SMILES string of the molecule is CCC(=O)N1CCc2cc(C(=O)Nc3cccc(C(=O)Nc4ccncc4)c3)ccc21. The molecule has 4 rings (SSSR count). The highest BCUT2D eigenvalue weighted by molar-refractivity contribution is 6.08. The molecule has 3 aromatic rings. The van der Waals surface area contributed by atoms with Gasteiger partial charge in [-0.05, 0) is 60.5 Å². The summed E-state index contributed by atoms with van der Waals surface area (Å²) in [5, 5.41) is 5.64. The third-order valence-corrected chi connectivity index (χ3v) is 5.16. The minimum absolute atomic E-state index is 0.0813. The molecule has 0 saturated carbocycles. The van der Waals surface area contributed by atoms with Crippen LogP contribution >= 0.6 is 0 Å². The molecule has 0 radical (unpaired) electrons. The maximum absolute atomic E-state index is 12.8. The zero-order chi connectivity index (χ0) is 21.8. The second-order valence-corrected chi connectivity index (χ2v) is 7.22. The molecule has 0 unspecified atom stereocenters. The van der Waals surface area contributed by atoms with Gasteiger partial charge in [-0.2, -0.15) is 0 Å². The Bertz CT molecular complexity index is 1140. The maximum atomic E-state index is 12.8. The highest BCUT2D eigenvalue weighted by Crippen LogP contribution is 2.29. The number of carbonyl (C=O) groups excluding carboxylic acids is 3. The summed E-state index contributed by atoms with van der Waals surface area (Å²) in [5.41, 5.74) is 3.96. The van der Waals surface area contributed by atoms with Gasteiger partial charge in [0.05, 0.1) is 0 Å². The van der Waals surface area contributed by atoms with Crippen molar-refractivity contribution in [2.24, 2.45) is 0 Å². The van der Waals surface area contributed by atoms with Gasteiger partial charge in [0, 0.05) is 53.5 Å². The van der Waals surface area contributed by atoms with E-state index in [-0.39, 0.29) is 17.7 Å². The Morgan fingerprint density at radius 2 is 1.61 bits per heavy atom. The van der Waals surface area contributed by atoms with E-state index in [0.29, 0.717) is 35.5 Å². The Morgan fingerprint density at radius 1 is 0.903 bits per heavy atom. The average Bonchev–Trinajstić information content (AvgIpc) is 3.22. The van der Waals surface area contributed by atoms with Crippen LogP contribution in [0.5, 0.6) is 0 Å². The van der Waals surface area contributed by atoms with E-state index in [4.69, 9.17) is 0 Å². The molecule has 0 aliphatic carbocycles. The van der Waals surface area contributed by atoms with Crippen LogP contribution in [-0.2, 0) is 11.2 Å². The first kappa shape index (κ1) is 20.3. The van der Waals surface area contributed by atoms with Gasteiger partial charge in [-0.1, -0.05) is 13.0 Å². The molecule has 156 valence electrons. The van der Waals surface area contributed by atoms with Gasteiger partial charge in [-0.3, -0.25) is 19.4 Å². The van der Waals surface area contributed by atoms with E-state index < -0.39 is 0 Å². The van der Waals surface area contributed by atoms with E-state index in [1.165, 1.54) is 0 Å². The molecule has 1 aliphatic heterocycles. The number of hydrogen-bond acceptors (Lipinski definition) is 4. The molecule has 0 spiro atoms. The summed E-state index contributed by atoms with van der Waals surface area (Å²) in [6, 6.07) is 15.5. The van der Waals surface area contributed by atoms with Crippen LogP contribution in [0.4, 0.5) is 17.1 Å². The van der Waals surface area contributed by atoms with Crippen molar-refractivity contribution in [3.8, 4) is 0 Å². The summed E-state index contributed by atoms with van der Waals surface area (Å²) in [7, 11) is 0. The molecular formula is C24H22N4O3. The number of amides is 3. The summed E-state index contributed by atoms with van der Waals surface area (Å²) in [4.78, 5) is 43.0. The number of carbonyl (C=O) groups is 3. The molecule has 7 heteroatoms. The number of benzene rings is 2. The van der Waals surface area contributed by atoms with Gasteiger partial charge in [0.15, 0.2) is 0 Å². The number of nitrogens with one attached hydrogen (secondary N) is 2. The lowest BCUT2D eigenvalue weighted by atomic mass is 10.1. The van der Waals surface area contributed by atoms with Crippen LogP contribution in [0.15, 0.2) is 67.0 Å². The first-order chi connectivity index (χ1) is 15.0. The van der Waals surface area contributed by atoms with E-state index >= 15 is 0 Å². The van der Waals surface area contributed by atoms with Gasteiger partial charge in [-0.15, -0.1) is 0 Å². The number of pyridine rings is 1. The van der Waals surface area contributed by atoms with Gasteiger partial charge in [0.2, 0.25) is 5.91 Å². The highest BCUT2D eigenvalue weighted by Gasteiger charge is 2.24. The first-order valence-corrected chi connectivity index (χ1v) is 10.1. The number of fused-ring (bicyclic) bond motifs is 1. The second kappa shape index (κ2) is 8.79. The Morgan fingerprint density at radius 3 is 2.35 bits per heavy atom. The number of anilines is 3. The van der Waals surface area contributed by atoms with E-state index in [1.54, 1.807) is 59.8 Å². The molecule has 31 heavy (non-hydrogen) atoms. The van der Waals surface area contributed by atoms with E-state index in [0.717, 1.165) is 17.7 Å². The van der Waals surface area contributed by atoms with Gasteiger partial charge in [0.25, 0.3) is 11.8 Å². The molecule has 0 atom stereocenters. The molecule has 2 aromatic carbocycles. The molecule has 3 amide bonds. The lowest BCUT2D eigenvalue weighted by Crippen LogP contribution is -2.27. The van der Waals surface area contributed by atoms with Crippen molar-refractivity contribution in [1.82, 2.24) is 4.98 Å². The van der Waals surface area contributed by atoms with Crippen LogP contribution in [0.25, 0.3) is 0 Å². The van der Waals surface area contributed by atoms with E-state index in [9.17, 15) is 14.4 Å². The zero-order valence-electron chi connectivity index (χ0n) is 17.1. The number of rotatable bonds is 5. The fourth-order valence-electron chi connectivity index (χ4n) is 3.57. The first-order valence-electron chi connectivity index (χ1n) is 10.1. The largest absolute Gasteiger partial charge is 0.322 e. The molecule has 1 aromatic heterocycles. The average molecular weight is 414 g/mol. The van der Waals surface area contributed by atoms with E-state index in [2.05, 4.69) is 15.6 Å². The fraction of sp³-hybridized carbons (Fsp3) is 0.167. The normalized spacial score (nSPS) is 12.2. The molecule has 0 fully saturated rings. The van der Waals surface area contributed by atoms with Crippen molar-refractivity contribution in [3.05, 3.63) is 83.7 Å². The van der Waals surface area contributed by atoms with Gasteiger partial charge in [-0.25, -0.2) is 0 Å². The summed E-state index contributed by atoms with van der Waals surface area (Å²) in [5.74, 6) is -0.465. The summed E-state index contributed by atoms with van der Waals surface area (Å²) in [6.45, 7) is 2.48. The summed E-state index contributed by atoms with van der Waals surface area (Å²) < 4.78 is 0. The zero-order valence-corrected chi connectivity index (χ0v) is 17.1. The maximum Gasteiger partial charge on any atom is 0.255 e. The molecule has 2 heterocycles. The van der Waals surface area contributed by atoms with Crippen molar-refractivity contribution in [2.75, 3.05) is 22.1 Å². The Hall–Kier alpha value is -4.00. The minimum Gasteiger partial charge on any atom is -0.322 e. The standard InChI is InChI=1S/C24H22N4O3/c1-2-22(29)28-13-10-16-14-18(6-7-21(16)28)24(31)27-20-5-3-4-17(15-20)23(30)26-19-8-11-25-12-9-19/h3-9,11-12,14-15H,2,10,13H2,1H3,(H,27,31)(H,25,26,30). The fourth-order valence-corrected chi connectivity index (χ4v) is 3.57. The van der Waals surface area contributed by atoms with Gasteiger partial charge in [0.1, 0.15) is 0 Å². The lowest BCUT2D eigenvalue weighted by molar-refractivity contribution is -0.118. The van der Waals surface area contributed by atoms with Gasteiger partial charge < -0.3 is 15.5 Å². The van der Waals surface area contributed by atoms with Crippen LogP contribution in [0.1, 0.15) is 39.6 Å². The van der Waals surface area contributed by atoms with Crippen molar-refractivity contribution in [3.63, 3.8) is 0 Å². The highest BCUT2D eigenvalue weighted by atomic mass is 16.2. The molecular weight excluding hydrogens is 392 g/mol. The lowest BCUT2D eigenvalue weighted by Gasteiger charge is -2.16. The quantitative estimate of drug-likeness (QED) is 0.663. The smallest absolute Gasteiger partial charge is 0.255 e. The van der Waals surface area contributed by atoms with Crippen molar-refractivity contribution in [1.29, 1.82) is 0 Å². The Kier molecular flexibility index (Phi) is 5.75. The molecule has 0 bridgehead atoms. The number of hydrogen-bond donors (Lipinski definition) is 2. The topological polar surface area (TPSA) is 91.4 Å². The molecule has 7 nitrogen and oxygen atoms in total. The molecule has 0 saturated heterocycles. The number of aromatic nitrogens is 1. The van der Waals surface area contributed by atoms with Crippen molar-refractivity contribution in [2.45, 2.75) is 19.8 Å². The third kappa shape index (κ3) is 4.45. The predicted molar refractivity (Wildman–Crippen MR) is 119 cm³/mol. The van der Waals surface area contributed by atoms with E-state index in [1.807, 2.05) is 19.1 Å². The minimum atomic E-state index is -0.277. The van der Waals surface area contributed by atoms with Crippen molar-refractivity contribution >= 4 is 34.8 Å². The molecule has 1 aliphatic rings. The van der Waals surface area contributed by atoms with Crippen LogP contribution in [0, 0.1) is 0 Å². The Labute approximate surface area is 180 Å². The molecule has 2 N–H and O–H groups in total. The summed E-state index contributed by atoms with van der Waals surface area (Å²) >= 11 is 0. The van der Waals surface area contributed by atoms with Crippen molar-refractivity contribution < 1.29 is 14.4 Å². The predicted octanol–water partition coefficient (Wildman–Crippen LogP) is 3.89. The van der Waals surface area contributed by atoms with Crippen LogP contribution in [0.3, 0.4) is 0 Å².